The molecule has 1 aromatic carbocycles. The number of carbonyl (C=O) groups is 1. The van der Waals surface area contributed by atoms with E-state index in [2.05, 4.69) is 5.32 Å². The minimum absolute atomic E-state index is 0.118. The maximum absolute atomic E-state index is 13.3. The van der Waals surface area contributed by atoms with Crippen LogP contribution in [-0.4, -0.2) is 30.8 Å². The summed E-state index contributed by atoms with van der Waals surface area (Å²) in [6, 6.07) is 5.90. The molecular formula is C11H12FNO3. The topological polar surface area (TPSA) is 58.6 Å². The van der Waals surface area contributed by atoms with Crippen LogP contribution in [0.4, 0.5) is 10.1 Å². The van der Waals surface area contributed by atoms with Gasteiger partial charge in [-0.1, -0.05) is 12.1 Å². The van der Waals surface area contributed by atoms with Crippen LogP contribution in [0.15, 0.2) is 24.3 Å². The first kappa shape index (κ1) is 11.0. The summed E-state index contributed by atoms with van der Waals surface area (Å²) in [6.45, 7) is 0.0425. The normalized spacial score (nSPS) is 17.6. The molecule has 16 heavy (non-hydrogen) atoms. The Balaban J connectivity index is 2.10. The van der Waals surface area contributed by atoms with Crippen LogP contribution in [-0.2, 0) is 9.53 Å². The molecule has 1 aliphatic heterocycles. The van der Waals surface area contributed by atoms with Crippen LogP contribution in [0.25, 0.3) is 0 Å². The number of para-hydroxylation sites is 1. The van der Waals surface area contributed by atoms with Gasteiger partial charge in [0.2, 0.25) is 5.91 Å². The third-order valence-corrected chi connectivity index (χ3v) is 2.66. The number of aliphatic hydroxyl groups excluding tert-OH is 1. The quantitative estimate of drug-likeness (QED) is 0.799. The molecule has 1 heterocycles. The number of amides is 1. The number of ether oxygens (including phenoxy) is 1. The highest BCUT2D eigenvalue weighted by molar-refractivity contribution is 5.96. The van der Waals surface area contributed by atoms with Gasteiger partial charge in [0.25, 0.3) is 0 Å². The number of rotatable bonds is 3. The van der Waals surface area contributed by atoms with Crippen molar-refractivity contribution in [2.45, 2.75) is 0 Å². The van der Waals surface area contributed by atoms with Crippen LogP contribution in [0, 0.1) is 11.2 Å². The van der Waals surface area contributed by atoms with E-state index < -0.39 is 17.1 Å². The molecule has 0 atom stereocenters. The Morgan fingerprint density at radius 2 is 2.19 bits per heavy atom. The van der Waals surface area contributed by atoms with E-state index in [1.165, 1.54) is 12.1 Å². The van der Waals surface area contributed by atoms with E-state index in [-0.39, 0.29) is 25.5 Å². The van der Waals surface area contributed by atoms with E-state index in [1.54, 1.807) is 12.1 Å². The molecule has 1 aliphatic rings. The van der Waals surface area contributed by atoms with E-state index in [0.717, 1.165) is 0 Å². The average Bonchev–Trinajstić information content (AvgIpc) is 2.21. The number of hydrogen-bond acceptors (Lipinski definition) is 3. The molecule has 0 saturated carbocycles. The van der Waals surface area contributed by atoms with Crippen molar-refractivity contribution in [2.75, 3.05) is 25.1 Å². The first-order valence-corrected chi connectivity index (χ1v) is 4.92. The zero-order chi connectivity index (χ0) is 11.6. The Labute approximate surface area is 92.0 Å². The lowest BCUT2D eigenvalue weighted by molar-refractivity contribution is -0.164. The van der Waals surface area contributed by atoms with Gasteiger partial charge in [0.15, 0.2) is 0 Å². The molecule has 0 radical (unpaired) electrons. The summed E-state index contributed by atoms with van der Waals surface area (Å²) in [6.07, 6.45) is 0. The van der Waals surface area contributed by atoms with Crippen LogP contribution in [0.2, 0.25) is 0 Å². The molecule has 1 amide bonds. The second-order valence-electron chi connectivity index (χ2n) is 3.87. The largest absolute Gasteiger partial charge is 0.395 e. The number of hydrogen-bond donors (Lipinski definition) is 2. The van der Waals surface area contributed by atoms with Crippen LogP contribution in [0.3, 0.4) is 0 Å². The van der Waals surface area contributed by atoms with Crippen molar-refractivity contribution in [3.63, 3.8) is 0 Å². The van der Waals surface area contributed by atoms with Crippen molar-refractivity contribution in [1.82, 2.24) is 0 Å². The Morgan fingerprint density at radius 1 is 1.50 bits per heavy atom. The number of aliphatic hydroxyl groups is 1. The number of benzene rings is 1. The summed E-state index contributed by atoms with van der Waals surface area (Å²) in [5, 5.41) is 11.6. The van der Waals surface area contributed by atoms with Crippen molar-refractivity contribution >= 4 is 11.6 Å². The molecule has 4 nitrogen and oxygen atoms in total. The lowest BCUT2D eigenvalue weighted by Gasteiger charge is -2.37. The summed E-state index contributed by atoms with van der Waals surface area (Å²) < 4.78 is 18.2. The van der Waals surface area contributed by atoms with Gasteiger partial charge in [0.1, 0.15) is 11.2 Å². The number of anilines is 1. The Hall–Kier alpha value is -1.46. The highest BCUT2D eigenvalue weighted by Crippen LogP contribution is 2.28. The lowest BCUT2D eigenvalue weighted by atomic mass is 9.86. The highest BCUT2D eigenvalue weighted by Gasteiger charge is 2.45. The van der Waals surface area contributed by atoms with Gasteiger partial charge < -0.3 is 15.2 Å². The molecule has 2 rings (SSSR count). The van der Waals surface area contributed by atoms with Crippen LogP contribution < -0.4 is 5.32 Å². The minimum atomic E-state index is -0.914. The summed E-state index contributed by atoms with van der Waals surface area (Å²) >= 11 is 0. The Kier molecular flexibility index (Phi) is 2.89. The molecule has 1 fully saturated rings. The molecule has 86 valence electrons. The number of carbonyl (C=O) groups excluding carboxylic acids is 1. The van der Waals surface area contributed by atoms with Gasteiger partial charge in [-0.15, -0.1) is 0 Å². The van der Waals surface area contributed by atoms with Gasteiger partial charge in [-0.3, -0.25) is 4.79 Å². The standard InChI is InChI=1S/C11H12FNO3/c12-8-3-1-2-4-9(8)13-10(15)11(5-14)6-16-7-11/h1-4,14H,5-7H2,(H,13,15). The average molecular weight is 225 g/mol. The van der Waals surface area contributed by atoms with E-state index in [1.807, 2.05) is 0 Å². The summed E-state index contributed by atoms with van der Waals surface area (Å²) in [5.41, 5.74) is -0.797. The van der Waals surface area contributed by atoms with Crippen molar-refractivity contribution in [1.29, 1.82) is 0 Å². The van der Waals surface area contributed by atoms with E-state index in [4.69, 9.17) is 9.84 Å². The van der Waals surface area contributed by atoms with Crippen LogP contribution >= 0.6 is 0 Å². The maximum atomic E-state index is 13.3. The van der Waals surface area contributed by atoms with Crippen molar-refractivity contribution in [3.8, 4) is 0 Å². The smallest absolute Gasteiger partial charge is 0.237 e. The fourth-order valence-corrected chi connectivity index (χ4v) is 1.46. The van der Waals surface area contributed by atoms with Gasteiger partial charge in [-0.25, -0.2) is 4.39 Å². The molecule has 0 unspecified atom stereocenters. The monoisotopic (exact) mass is 225 g/mol. The second kappa shape index (κ2) is 4.19. The van der Waals surface area contributed by atoms with E-state index in [0.29, 0.717) is 0 Å². The minimum Gasteiger partial charge on any atom is -0.395 e. The van der Waals surface area contributed by atoms with Crippen molar-refractivity contribution in [3.05, 3.63) is 30.1 Å². The van der Waals surface area contributed by atoms with Gasteiger partial charge in [0, 0.05) is 0 Å². The Morgan fingerprint density at radius 3 is 2.69 bits per heavy atom. The molecule has 1 aromatic rings. The first-order valence-electron chi connectivity index (χ1n) is 4.92. The molecule has 2 N–H and O–H groups in total. The molecule has 0 aromatic heterocycles. The lowest BCUT2D eigenvalue weighted by Crippen LogP contribution is -2.54. The van der Waals surface area contributed by atoms with Crippen molar-refractivity contribution in [2.24, 2.45) is 5.41 Å². The summed E-state index contributed by atoms with van der Waals surface area (Å²) in [5.74, 6) is -0.907. The van der Waals surface area contributed by atoms with Gasteiger partial charge in [0.05, 0.1) is 25.5 Å². The summed E-state index contributed by atoms with van der Waals surface area (Å²) in [4.78, 5) is 11.8. The van der Waals surface area contributed by atoms with E-state index >= 15 is 0 Å². The number of halogens is 1. The summed E-state index contributed by atoms with van der Waals surface area (Å²) in [7, 11) is 0. The van der Waals surface area contributed by atoms with Gasteiger partial charge in [-0.2, -0.15) is 0 Å². The molecular weight excluding hydrogens is 213 g/mol. The zero-order valence-electron chi connectivity index (χ0n) is 8.57. The van der Waals surface area contributed by atoms with Crippen LogP contribution in [0.1, 0.15) is 0 Å². The third-order valence-electron chi connectivity index (χ3n) is 2.66. The van der Waals surface area contributed by atoms with Crippen LogP contribution in [0.5, 0.6) is 0 Å². The third kappa shape index (κ3) is 1.79. The fraction of sp³-hybridized carbons (Fsp3) is 0.364. The molecule has 0 bridgehead atoms. The highest BCUT2D eigenvalue weighted by atomic mass is 19.1. The maximum Gasteiger partial charge on any atom is 0.237 e. The molecule has 0 spiro atoms. The SMILES string of the molecule is O=C(Nc1ccccc1F)C1(CO)COC1. The number of nitrogens with one attached hydrogen (secondary N) is 1. The van der Waals surface area contributed by atoms with Crippen molar-refractivity contribution < 1.29 is 19.0 Å². The first-order chi connectivity index (χ1) is 7.68. The fourth-order valence-electron chi connectivity index (χ4n) is 1.46. The molecule has 0 aliphatic carbocycles. The van der Waals surface area contributed by atoms with E-state index in [9.17, 15) is 9.18 Å². The molecule has 1 saturated heterocycles. The predicted molar refractivity (Wildman–Crippen MR) is 55.4 cm³/mol. The van der Waals surface area contributed by atoms with Gasteiger partial charge in [-0.05, 0) is 12.1 Å². The molecule has 5 heteroatoms. The second-order valence-corrected chi connectivity index (χ2v) is 3.87. The Bertz CT molecular complexity index is 398. The predicted octanol–water partition coefficient (Wildman–Crippen LogP) is 0.773. The zero-order valence-corrected chi connectivity index (χ0v) is 8.57. The van der Waals surface area contributed by atoms with Gasteiger partial charge >= 0.3 is 0 Å².